The van der Waals surface area contributed by atoms with Crippen LogP contribution in [0.2, 0.25) is 0 Å². The van der Waals surface area contributed by atoms with Crippen molar-refractivity contribution in [2.45, 2.75) is 12.8 Å². The molecule has 0 atom stereocenters. The maximum Gasteiger partial charge on any atom is 0.296 e. The minimum Gasteiger partial charge on any atom is -0.204 e. The molecule has 0 aliphatic rings. The fourth-order valence-corrected chi connectivity index (χ4v) is 0.287. The molecule has 8 heavy (non-hydrogen) atoms. The van der Waals surface area contributed by atoms with Crippen molar-refractivity contribution >= 4 is 11.6 Å². The molecular formula is C4H4ClF3. The van der Waals surface area contributed by atoms with Crippen molar-refractivity contribution in [2.75, 3.05) is 0 Å². The molecular weight excluding hydrogens is 140 g/mol. The van der Waals surface area contributed by atoms with E-state index in [0.717, 1.165) is 0 Å². The smallest absolute Gasteiger partial charge is 0.204 e. The fourth-order valence-electron chi connectivity index (χ4n) is 0.0958. The SMILES string of the molecule is CC(F)(F)/C(F)=C/Cl. The third kappa shape index (κ3) is 2.21. The Kier molecular flexibility index (Phi) is 2.34. The van der Waals surface area contributed by atoms with Crippen molar-refractivity contribution in [2.24, 2.45) is 0 Å². The topological polar surface area (TPSA) is 0 Å². The molecule has 0 amide bonds. The van der Waals surface area contributed by atoms with Crippen LogP contribution in [-0.2, 0) is 0 Å². The van der Waals surface area contributed by atoms with Crippen LogP contribution in [0, 0.1) is 0 Å². The second-order valence-corrected chi connectivity index (χ2v) is 1.56. The Hall–Kier alpha value is -0.180. The van der Waals surface area contributed by atoms with Crippen LogP contribution in [0.4, 0.5) is 13.2 Å². The molecule has 0 spiro atoms. The lowest BCUT2D eigenvalue weighted by molar-refractivity contribution is 0.0391. The summed E-state index contributed by atoms with van der Waals surface area (Å²) in [6, 6.07) is 0. The van der Waals surface area contributed by atoms with Crippen LogP contribution in [-0.4, -0.2) is 5.92 Å². The van der Waals surface area contributed by atoms with Crippen LogP contribution in [0.1, 0.15) is 6.92 Å². The molecule has 4 heteroatoms. The van der Waals surface area contributed by atoms with Gasteiger partial charge in [0.25, 0.3) is 5.92 Å². The average molecular weight is 145 g/mol. The Morgan fingerprint density at radius 1 is 1.62 bits per heavy atom. The number of hydrogen-bond acceptors (Lipinski definition) is 0. The van der Waals surface area contributed by atoms with Gasteiger partial charge < -0.3 is 0 Å². The molecule has 0 aliphatic heterocycles. The van der Waals surface area contributed by atoms with Crippen molar-refractivity contribution < 1.29 is 13.2 Å². The van der Waals surface area contributed by atoms with Gasteiger partial charge in [-0.1, -0.05) is 11.6 Å². The van der Waals surface area contributed by atoms with Crippen molar-refractivity contribution in [3.8, 4) is 0 Å². The lowest BCUT2D eigenvalue weighted by Gasteiger charge is -2.03. The minimum atomic E-state index is -3.43. The van der Waals surface area contributed by atoms with Crippen LogP contribution in [0.5, 0.6) is 0 Å². The zero-order valence-corrected chi connectivity index (χ0v) is 4.85. The zero-order chi connectivity index (χ0) is 6.78. The normalized spacial score (nSPS) is 14.4. The summed E-state index contributed by atoms with van der Waals surface area (Å²) in [7, 11) is 0. The molecule has 0 unspecified atom stereocenters. The van der Waals surface area contributed by atoms with Crippen LogP contribution in [0.15, 0.2) is 11.4 Å². The number of rotatable bonds is 1. The van der Waals surface area contributed by atoms with Gasteiger partial charge in [0.1, 0.15) is 0 Å². The molecule has 0 radical (unpaired) electrons. The van der Waals surface area contributed by atoms with E-state index >= 15 is 0 Å². The Labute approximate surface area is 49.9 Å². The lowest BCUT2D eigenvalue weighted by atomic mass is 10.4. The largest absolute Gasteiger partial charge is 0.296 e. The molecule has 0 saturated heterocycles. The Balaban J connectivity index is 4.03. The number of halogens is 4. The van der Waals surface area contributed by atoms with Gasteiger partial charge in [0.15, 0.2) is 5.83 Å². The maximum atomic E-state index is 11.6. The van der Waals surface area contributed by atoms with E-state index in [-0.39, 0.29) is 5.54 Å². The summed E-state index contributed by atoms with van der Waals surface area (Å²) in [5.41, 5.74) is 0.222. The second kappa shape index (κ2) is 2.40. The Bertz CT molecular complexity index is 102. The second-order valence-electron chi connectivity index (χ2n) is 1.35. The Morgan fingerprint density at radius 2 is 2.00 bits per heavy atom. The van der Waals surface area contributed by atoms with Crippen LogP contribution < -0.4 is 0 Å². The van der Waals surface area contributed by atoms with Crippen LogP contribution >= 0.6 is 11.6 Å². The Morgan fingerprint density at radius 3 is 2.00 bits per heavy atom. The summed E-state index contributed by atoms with van der Waals surface area (Å²) >= 11 is 4.62. The highest BCUT2D eigenvalue weighted by Gasteiger charge is 2.27. The predicted octanol–water partition coefficient (Wildman–Crippen LogP) is 2.69. The number of alkyl halides is 2. The summed E-state index contributed by atoms with van der Waals surface area (Å²) in [4.78, 5) is 0. The van der Waals surface area contributed by atoms with Crippen molar-refractivity contribution in [1.82, 2.24) is 0 Å². The van der Waals surface area contributed by atoms with Crippen molar-refractivity contribution in [3.63, 3.8) is 0 Å². The van der Waals surface area contributed by atoms with Gasteiger partial charge in [-0.3, -0.25) is 0 Å². The molecule has 0 fully saturated rings. The van der Waals surface area contributed by atoms with E-state index in [1.807, 2.05) is 0 Å². The average Bonchev–Trinajstić information content (AvgIpc) is 1.62. The maximum absolute atomic E-state index is 11.6. The first kappa shape index (κ1) is 7.82. The summed E-state index contributed by atoms with van der Waals surface area (Å²) in [6.07, 6.45) is 0. The van der Waals surface area contributed by atoms with E-state index in [9.17, 15) is 13.2 Å². The van der Waals surface area contributed by atoms with Gasteiger partial charge in [-0.05, 0) is 0 Å². The molecule has 0 aromatic rings. The molecule has 0 bridgehead atoms. The van der Waals surface area contributed by atoms with E-state index in [1.54, 1.807) is 0 Å². The van der Waals surface area contributed by atoms with Gasteiger partial charge in [-0.15, -0.1) is 0 Å². The third-order valence-electron chi connectivity index (χ3n) is 0.515. The molecule has 0 saturated carbocycles. The van der Waals surface area contributed by atoms with E-state index in [2.05, 4.69) is 11.6 Å². The van der Waals surface area contributed by atoms with Gasteiger partial charge in [-0.2, -0.15) is 8.78 Å². The van der Waals surface area contributed by atoms with Crippen molar-refractivity contribution in [3.05, 3.63) is 11.4 Å². The minimum absolute atomic E-state index is 0.222. The first-order chi connectivity index (χ1) is 3.48. The zero-order valence-electron chi connectivity index (χ0n) is 4.09. The van der Waals surface area contributed by atoms with E-state index < -0.39 is 11.7 Å². The van der Waals surface area contributed by atoms with Gasteiger partial charge in [0.2, 0.25) is 0 Å². The van der Waals surface area contributed by atoms with Gasteiger partial charge >= 0.3 is 0 Å². The standard InChI is InChI=1S/C4H4ClF3/c1-4(7,8)3(6)2-5/h2H,1H3/b3-2-. The van der Waals surface area contributed by atoms with Crippen LogP contribution in [0.25, 0.3) is 0 Å². The molecule has 0 aromatic carbocycles. The highest BCUT2D eigenvalue weighted by Crippen LogP contribution is 2.23. The molecule has 48 valence electrons. The molecule has 0 aliphatic carbocycles. The van der Waals surface area contributed by atoms with Gasteiger partial charge in [-0.25, -0.2) is 4.39 Å². The third-order valence-corrected chi connectivity index (χ3v) is 0.707. The number of allylic oxidation sites excluding steroid dienone is 1. The van der Waals surface area contributed by atoms with Crippen molar-refractivity contribution in [1.29, 1.82) is 0 Å². The summed E-state index contributed by atoms with van der Waals surface area (Å²) in [6.45, 7) is 0.432. The summed E-state index contributed by atoms with van der Waals surface area (Å²) < 4.78 is 34.8. The quantitative estimate of drug-likeness (QED) is 0.531. The van der Waals surface area contributed by atoms with E-state index in [0.29, 0.717) is 6.92 Å². The van der Waals surface area contributed by atoms with Gasteiger partial charge in [0, 0.05) is 12.5 Å². The van der Waals surface area contributed by atoms with E-state index in [4.69, 9.17) is 0 Å². The highest BCUT2D eigenvalue weighted by molar-refractivity contribution is 6.25. The highest BCUT2D eigenvalue weighted by atomic mass is 35.5. The predicted molar refractivity (Wildman–Crippen MR) is 25.7 cm³/mol. The molecule has 0 N–H and O–H groups in total. The fraction of sp³-hybridized carbons (Fsp3) is 0.500. The number of hydrogen-bond donors (Lipinski definition) is 0. The molecule has 0 rings (SSSR count). The molecule has 0 nitrogen and oxygen atoms in total. The first-order valence-electron chi connectivity index (χ1n) is 1.82. The first-order valence-corrected chi connectivity index (χ1v) is 2.26. The van der Waals surface area contributed by atoms with Gasteiger partial charge in [0.05, 0.1) is 0 Å². The summed E-state index contributed by atoms with van der Waals surface area (Å²) in [5.74, 6) is -5.04. The monoisotopic (exact) mass is 144 g/mol. The lowest BCUT2D eigenvalue weighted by Crippen LogP contribution is -2.08. The molecule has 0 aromatic heterocycles. The molecule has 0 heterocycles. The summed E-state index contributed by atoms with van der Waals surface area (Å²) in [5, 5.41) is 0. The van der Waals surface area contributed by atoms with Crippen LogP contribution in [0.3, 0.4) is 0 Å². The van der Waals surface area contributed by atoms with E-state index in [1.165, 1.54) is 0 Å².